The van der Waals surface area contributed by atoms with Crippen molar-refractivity contribution in [2.75, 3.05) is 0 Å². The molecule has 39 heavy (non-hydrogen) atoms. The van der Waals surface area contributed by atoms with Crippen molar-refractivity contribution in [3.05, 3.63) is 144 Å². The van der Waals surface area contributed by atoms with Crippen LogP contribution in [0.3, 0.4) is 0 Å². The van der Waals surface area contributed by atoms with E-state index in [0.29, 0.717) is 0 Å². The fraction of sp³-hybridized carbons (Fsp3) is 0.111. The Labute approximate surface area is 229 Å². The summed E-state index contributed by atoms with van der Waals surface area (Å²) in [5.74, 6) is 0. The van der Waals surface area contributed by atoms with Gasteiger partial charge in [-0.25, -0.2) is 0 Å². The Morgan fingerprint density at radius 3 is 1.28 bits per heavy atom. The van der Waals surface area contributed by atoms with Crippen LogP contribution < -0.4 is 0 Å². The minimum Gasteiger partial charge on any atom is -0.464 e. The molecule has 6 aromatic rings. The average molecular weight is 523 g/mol. The summed E-state index contributed by atoms with van der Waals surface area (Å²) in [7, 11) is -2.34. The van der Waals surface area contributed by atoms with Crippen LogP contribution in [0.5, 0.6) is 0 Å². The molecule has 1 aliphatic heterocycles. The molecule has 0 spiro atoms. The van der Waals surface area contributed by atoms with Crippen LogP contribution in [0.1, 0.15) is 36.1 Å². The molecular formula is C36H30O2Si. The molecule has 0 bridgehead atoms. The maximum atomic E-state index is 6.22. The van der Waals surface area contributed by atoms with Gasteiger partial charge in [0.2, 0.25) is 0 Å². The van der Waals surface area contributed by atoms with Gasteiger partial charge in [0.1, 0.15) is 19.2 Å². The summed E-state index contributed by atoms with van der Waals surface area (Å²) in [6.45, 7) is 4.77. The van der Waals surface area contributed by atoms with Crippen molar-refractivity contribution in [2.24, 2.45) is 0 Å². The van der Waals surface area contributed by atoms with Gasteiger partial charge in [0, 0.05) is 21.9 Å². The molecular weight excluding hydrogens is 492 g/mol. The van der Waals surface area contributed by atoms with Gasteiger partial charge >= 0.3 is 0 Å². The second-order valence-corrected chi connectivity index (χ2v) is 14.9. The summed E-state index contributed by atoms with van der Waals surface area (Å²) in [6, 6.07) is 41.0. The number of para-hydroxylation sites is 2. The third kappa shape index (κ3) is 3.54. The van der Waals surface area contributed by atoms with Crippen LogP contribution in [0.4, 0.5) is 0 Å². The fourth-order valence-electron chi connectivity index (χ4n) is 6.73. The van der Waals surface area contributed by atoms with Crippen LogP contribution in [0, 0.1) is 0 Å². The first-order valence-electron chi connectivity index (χ1n) is 13.8. The zero-order valence-corrected chi connectivity index (χ0v) is 23.3. The van der Waals surface area contributed by atoms with E-state index in [1.807, 2.05) is 12.5 Å². The van der Waals surface area contributed by atoms with Gasteiger partial charge in [-0.3, -0.25) is 0 Å². The molecule has 7 rings (SSSR count). The zero-order valence-electron chi connectivity index (χ0n) is 22.3. The summed E-state index contributed by atoms with van der Waals surface area (Å²) >= 11 is 0. The van der Waals surface area contributed by atoms with E-state index in [0.717, 1.165) is 23.3 Å². The number of benzene rings is 4. The van der Waals surface area contributed by atoms with Crippen LogP contribution in [0.15, 0.2) is 131 Å². The van der Waals surface area contributed by atoms with E-state index < -0.39 is 8.07 Å². The number of furan rings is 2. The minimum atomic E-state index is -2.34. The highest BCUT2D eigenvalue weighted by molar-refractivity contribution is 7.14. The molecule has 0 fully saturated rings. The highest BCUT2D eigenvalue weighted by Crippen LogP contribution is 2.59. The lowest BCUT2D eigenvalue weighted by Gasteiger charge is -2.32. The molecule has 4 aromatic carbocycles. The minimum absolute atomic E-state index is 0.936. The summed E-state index contributed by atoms with van der Waals surface area (Å²) in [5, 5.41) is 5.32. The predicted molar refractivity (Wildman–Crippen MR) is 166 cm³/mol. The van der Waals surface area contributed by atoms with Gasteiger partial charge in [-0.05, 0) is 44.8 Å². The molecule has 0 saturated carbocycles. The Bertz CT molecular complexity index is 1730. The third-order valence-electron chi connectivity index (χ3n) is 8.54. The standard InChI is InChI=1S/C36H30O2Si/c1-3-39(4-2)35(29-23-37-31-21-13-11-19-27(29)31)33(25-15-7-5-8-16-25)34(26-17-9-6-10-18-26)36(39)30-24-38-32-22-14-12-20-28(30)32/h5-24H,3-4H2,1-2H3. The zero-order chi connectivity index (χ0) is 26.4. The summed E-state index contributed by atoms with van der Waals surface area (Å²) in [4.78, 5) is 0. The van der Waals surface area contributed by atoms with Gasteiger partial charge in [0.05, 0.1) is 12.5 Å². The first-order valence-corrected chi connectivity index (χ1v) is 16.2. The number of fused-ring (bicyclic) bond motifs is 2. The van der Waals surface area contributed by atoms with Gasteiger partial charge in [-0.1, -0.05) is 123 Å². The van der Waals surface area contributed by atoms with Crippen molar-refractivity contribution in [1.82, 2.24) is 0 Å². The van der Waals surface area contributed by atoms with Gasteiger partial charge in [-0.15, -0.1) is 0 Å². The highest BCUT2D eigenvalue weighted by Gasteiger charge is 2.49. The van der Waals surface area contributed by atoms with E-state index in [-0.39, 0.29) is 0 Å². The molecule has 0 aliphatic carbocycles. The molecule has 0 radical (unpaired) electrons. The highest BCUT2D eigenvalue weighted by atomic mass is 28.3. The molecule has 0 unspecified atom stereocenters. The van der Waals surface area contributed by atoms with E-state index >= 15 is 0 Å². The van der Waals surface area contributed by atoms with Crippen molar-refractivity contribution in [3.8, 4) is 0 Å². The van der Waals surface area contributed by atoms with Gasteiger partial charge in [0.15, 0.2) is 0 Å². The average Bonchev–Trinajstić information content (AvgIpc) is 3.70. The monoisotopic (exact) mass is 522 g/mol. The molecule has 0 amide bonds. The molecule has 3 heterocycles. The van der Waals surface area contributed by atoms with Crippen LogP contribution in [0.2, 0.25) is 12.1 Å². The van der Waals surface area contributed by atoms with Crippen LogP contribution in [-0.2, 0) is 0 Å². The molecule has 2 nitrogen and oxygen atoms in total. The molecule has 0 atom stereocenters. The summed E-state index contributed by atoms with van der Waals surface area (Å²) in [6.07, 6.45) is 4.02. The second-order valence-electron chi connectivity index (χ2n) is 10.3. The lowest BCUT2D eigenvalue weighted by molar-refractivity contribution is 0.615. The summed E-state index contributed by atoms with van der Waals surface area (Å²) < 4.78 is 12.4. The van der Waals surface area contributed by atoms with Crippen molar-refractivity contribution in [1.29, 1.82) is 0 Å². The molecule has 1 aliphatic rings. The van der Waals surface area contributed by atoms with Gasteiger partial charge in [-0.2, -0.15) is 0 Å². The topological polar surface area (TPSA) is 26.3 Å². The number of hydrogen-bond donors (Lipinski definition) is 0. The van der Waals surface area contributed by atoms with Crippen molar-refractivity contribution in [2.45, 2.75) is 25.9 Å². The SMILES string of the molecule is CC[Si]1(CC)C(c2coc3ccccc23)=C(c2ccccc2)C(c2ccccc2)=C1c1coc2ccccc12. The van der Waals surface area contributed by atoms with Crippen LogP contribution in [-0.4, -0.2) is 8.07 Å². The van der Waals surface area contributed by atoms with Gasteiger partial charge in [0.25, 0.3) is 0 Å². The van der Waals surface area contributed by atoms with Gasteiger partial charge < -0.3 is 8.83 Å². The maximum Gasteiger partial charge on any atom is 0.134 e. The third-order valence-corrected chi connectivity index (χ3v) is 13.9. The normalized spacial score (nSPS) is 15.1. The number of hydrogen-bond acceptors (Lipinski definition) is 2. The molecule has 0 saturated heterocycles. The quantitative estimate of drug-likeness (QED) is 0.203. The molecule has 0 N–H and O–H groups in total. The second kappa shape index (κ2) is 9.44. The van der Waals surface area contributed by atoms with E-state index in [1.54, 1.807) is 0 Å². The number of rotatable bonds is 6. The smallest absolute Gasteiger partial charge is 0.134 e. The Kier molecular flexibility index (Phi) is 5.75. The van der Waals surface area contributed by atoms with E-state index in [2.05, 4.69) is 123 Å². The van der Waals surface area contributed by atoms with Crippen LogP contribution in [0.25, 0.3) is 43.5 Å². The molecule has 3 heteroatoms. The Morgan fingerprint density at radius 1 is 0.487 bits per heavy atom. The summed E-state index contributed by atoms with van der Waals surface area (Å²) in [5.41, 5.74) is 9.51. The lowest BCUT2D eigenvalue weighted by Crippen LogP contribution is -2.35. The van der Waals surface area contributed by atoms with E-state index in [4.69, 9.17) is 8.83 Å². The largest absolute Gasteiger partial charge is 0.464 e. The fourth-order valence-corrected chi connectivity index (χ4v) is 11.8. The van der Waals surface area contributed by atoms with Crippen molar-refractivity contribution in [3.63, 3.8) is 0 Å². The predicted octanol–water partition coefficient (Wildman–Crippen LogP) is 10.3. The van der Waals surface area contributed by atoms with Crippen molar-refractivity contribution < 1.29 is 8.83 Å². The van der Waals surface area contributed by atoms with E-state index in [9.17, 15) is 0 Å². The number of allylic oxidation sites excluding steroid dienone is 2. The van der Waals surface area contributed by atoms with Crippen molar-refractivity contribution >= 4 is 51.6 Å². The molecule has 190 valence electrons. The maximum absolute atomic E-state index is 6.22. The molecule has 2 aromatic heterocycles. The Morgan fingerprint density at radius 2 is 0.872 bits per heavy atom. The Balaban J connectivity index is 1.68. The first-order chi connectivity index (χ1) is 19.3. The Hall–Kier alpha value is -4.34. The lowest BCUT2D eigenvalue weighted by atomic mass is 9.89. The van der Waals surface area contributed by atoms with Crippen LogP contribution >= 0.6 is 0 Å². The first kappa shape index (κ1) is 23.8. The van der Waals surface area contributed by atoms with E-state index in [1.165, 1.54) is 54.6 Å².